The zero-order valence-electron chi connectivity index (χ0n) is 10.4. The number of hydrogen-bond donors (Lipinski definition) is 2. The van der Waals surface area contributed by atoms with Crippen LogP contribution in [-0.2, 0) is 0 Å². The number of hydrogen-bond acceptors (Lipinski definition) is 2. The number of rotatable bonds is 7. The topological polar surface area (TPSA) is 32.3 Å². The van der Waals surface area contributed by atoms with E-state index < -0.39 is 0 Å². The molecule has 1 rings (SSSR count). The molecule has 0 aliphatic heterocycles. The van der Waals surface area contributed by atoms with E-state index in [1.807, 2.05) is 0 Å². The number of benzene rings is 1. The van der Waals surface area contributed by atoms with E-state index in [1.54, 1.807) is 0 Å². The monoisotopic (exact) mass is 221 g/mol. The van der Waals surface area contributed by atoms with Crippen molar-refractivity contribution in [2.45, 2.75) is 32.6 Å². The molecular formula is C14H23NO. The third-order valence-electron chi connectivity index (χ3n) is 2.95. The molecule has 0 heterocycles. The predicted molar refractivity (Wildman–Crippen MR) is 68.8 cm³/mol. The predicted octanol–water partition coefficient (Wildman–Crippen LogP) is 2.46. The van der Waals surface area contributed by atoms with Gasteiger partial charge < -0.3 is 10.4 Å². The van der Waals surface area contributed by atoms with E-state index >= 15 is 0 Å². The summed E-state index contributed by atoms with van der Waals surface area (Å²) in [5, 5.41) is 12.4. The Morgan fingerprint density at radius 1 is 1.19 bits per heavy atom. The Hall–Kier alpha value is -0.860. The molecule has 1 aromatic rings. The second-order valence-electron chi connectivity index (χ2n) is 4.26. The summed E-state index contributed by atoms with van der Waals surface area (Å²) in [5.41, 5.74) is 2.63. The lowest BCUT2D eigenvalue weighted by molar-refractivity contribution is 0.272. The highest BCUT2D eigenvalue weighted by atomic mass is 16.3. The van der Waals surface area contributed by atoms with Crippen molar-refractivity contribution in [1.82, 2.24) is 5.32 Å². The molecule has 2 heteroatoms. The number of aryl methyl sites for hydroxylation is 1. The third-order valence-corrected chi connectivity index (χ3v) is 2.95. The molecule has 0 radical (unpaired) electrons. The quantitative estimate of drug-likeness (QED) is 0.693. The molecule has 0 bridgehead atoms. The highest BCUT2D eigenvalue weighted by Crippen LogP contribution is 2.23. The van der Waals surface area contributed by atoms with Gasteiger partial charge in [-0.05, 0) is 44.3 Å². The van der Waals surface area contributed by atoms with Gasteiger partial charge in [-0.1, -0.05) is 36.8 Å². The van der Waals surface area contributed by atoms with Crippen molar-refractivity contribution >= 4 is 0 Å². The first kappa shape index (κ1) is 13.2. The van der Waals surface area contributed by atoms with Gasteiger partial charge in [-0.3, -0.25) is 0 Å². The Morgan fingerprint density at radius 2 is 1.88 bits per heavy atom. The van der Waals surface area contributed by atoms with Gasteiger partial charge in [0.05, 0.1) is 0 Å². The Labute approximate surface area is 98.7 Å². The van der Waals surface area contributed by atoms with Gasteiger partial charge in [0.2, 0.25) is 0 Å². The zero-order chi connectivity index (χ0) is 11.8. The van der Waals surface area contributed by atoms with E-state index in [4.69, 9.17) is 5.11 Å². The van der Waals surface area contributed by atoms with Gasteiger partial charge in [0, 0.05) is 6.61 Å². The maximum Gasteiger partial charge on any atom is 0.0436 e. The summed E-state index contributed by atoms with van der Waals surface area (Å²) in [4.78, 5) is 0. The third kappa shape index (κ3) is 4.33. The van der Waals surface area contributed by atoms with Crippen LogP contribution in [0.2, 0.25) is 0 Å². The number of aliphatic hydroxyl groups excluding tert-OH is 1. The van der Waals surface area contributed by atoms with Crippen LogP contribution in [0, 0.1) is 6.92 Å². The van der Waals surface area contributed by atoms with Crippen LogP contribution in [0.3, 0.4) is 0 Å². The van der Waals surface area contributed by atoms with Crippen molar-refractivity contribution in [2.75, 3.05) is 19.7 Å². The van der Waals surface area contributed by atoms with E-state index in [0.29, 0.717) is 5.92 Å². The van der Waals surface area contributed by atoms with Crippen molar-refractivity contribution in [1.29, 1.82) is 0 Å². The van der Waals surface area contributed by atoms with Crippen molar-refractivity contribution < 1.29 is 5.11 Å². The molecule has 0 aliphatic carbocycles. The normalized spacial score (nSPS) is 12.7. The molecule has 0 fully saturated rings. The van der Waals surface area contributed by atoms with Crippen molar-refractivity contribution in [2.24, 2.45) is 0 Å². The van der Waals surface area contributed by atoms with Crippen LogP contribution in [0.25, 0.3) is 0 Å². The van der Waals surface area contributed by atoms with Crippen LogP contribution in [0.4, 0.5) is 0 Å². The van der Waals surface area contributed by atoms with Crippen LogP contribution in [0.1, 0.15) is 36.8 Å². The minimum atomic E-state index is 0.269. The Morgan fingerprint density at radius 3 is 2.44 bits per heavy atom. The maximum absolute atomic E-state index is 9.09. The van der Waals surface area contributed by atoms with E-state index in [-0.39, 0.29) is 6.61 Å². The molecule has 2 nitrogen and oxygen atoms in total. The van der Waals surface area contributed by atoms with Gasteiger partial charge in [0.1, 0.15) is 0 Å². The summed E-state index contributed by atoms with van der Waals surface area (Å²) in [6, 6.07) is 8.66. The summed E-state index contributed by atoms with van der Waals surface area (Å²) >= 11 is 0. The molecule has 90 valence electrons. The lowest BCUT2D eigenvalue weighted by atomic mass is 9.92. The van der Waals surface area contributed by atoms with Crippen LogP contribution >= 0.6 is 0 Å². The smallest absolute Gasteiger partial charge is 0.0436 e. The first-order valence-corrected chi connectivity index (χ1v) is 6.16. The van der Waals surface area contributed by atoms with Crippen molar-refractivity contribution in [3.8, 4) is 0 Å². The number of nitrogens with one attached hydrogen (secondary N) is 1. The van der Waals surface area contributed by atoms with E-state index in [2.05, 4.69) is 43.4 Å². The molecule has 0 unspecified atom stereocenters. The highest BCUT2D eigenvalue weighted by molar-refractivity contribution is 5.24. The van der Waals surface area contributed by atoms with Gasteiger partial charge in [-0.25, -0.2) is 0 Å². The standard InChI is InChI=1S/C14H23NO/c1-3-15-10-8-14(9-11-16)13-6-4-12(2)5-7-13/h4-7,14-16H,3,8-11H2,1-2H3/t14-/m0/s1. The highest BCUT2D eigenvalue weighted by Gasteiger charge is 2.10. The van der Waals surface area contributed by atoms with E-state index in [0.717, 1.165) is 25.9 Å². The fourth-order valence-electron chi connectivity index (χ4n) is 1.93. The maximum atomic E-state index is 9.09. The minimum Gasteiger partial charge on any atom is -0.396 e. The summed E-state index contributed by atoms with van der Waals surface area (Å²) < 4.78 is 0. The molecule has 2 N–H and O–H groups in total. The average molecular weight is 221 g/mol. The van der Waals surface area contributed by atoms with Crippen LogP contribution in [0.5, 0.6) is 0 Å². The Kier molecular flexibility index (Phi) is 6.12. The molecule has 1 atom stereocenters. The lowest BCUT2D eigenvalue weighted by Gasteiger charge is -2.16. The molecule has 0 aromatic heterocycles. The molecule has 0 amide bonds. The molecule has 0 aliphatic rings. The zero-order valence-corrected chi connectivity index (χ0v) is 10.4. The van der Waals surface area contributed by atoms with Crippen LogP contribution < -0.4 is 5.32 Å². The summed E-state index contributed by atoms with van der Waals surface area (Å²) in [6.45, 7) is 6.52. The van der Waals surface area contributed by atoms with Gasteiger partial charge >= 0.3 is 0 Å². The minimum absolute atomic E-state index is 0.269. The Balaban J connectivity index is 2.57. The van der Waals surface area contributed by atoms with Gasteiger partial charge in [-0.2, -0.15) is 0 Å². The average Bonchev–Trinajstić information content (AvgIpc) is 2.29. The largest absolute Gasteiger partial charge is 0.396 e. The summed E-state index contributed by atoms with van der Waals surface area (Å²) in [6.07, 6.45) is 1.95. The van der Waals surface area contributed by atoms with Gasteiger partial charge in [0.25, 0.3) is 0 Å². The Bertz CT molecular complexity index is 281. The summed E-state index contributed by atoms with van der Waals surface area (Å²) in [7, 11) is 0. The fourth-order valence-corrected chi connectivity index (χ4v) is 1.93. The SMILES string of the molecule is CCNCC[C@@H](CCO)c1ccc(C)cc1. The van der Waals surface area contributed by atoms with Gasteiger partial charge in [0.15, 0.2) is 0 Å². The summed E-state index contributed by atoms with van der Waals surface area (Å²) in [5.74, 6) is 0.477. The van der Waals surface area contributed by atoms with E-state index in [1.165, 1.54) is 11.1 Å². The van der Waals surface area contributed by atoms with Gasteiger partial charge in [-0.15, -0.1) is 0 Å². The molecule has 0 saturated carbocycles. The van der Waals surface area contributed by atoms with Crippen LogP contribution in [0.15, 0.2) is 24.3 Å². The first-order chi connectivity index (χ1) is 7.77. The molecular weight excluding hydrogens is 198 g/mol. The first-order valence-electron chi connectivity index (χ1n) is 6.16. The van der Waals surface area contributed by atoms with Crippen molar-refractivity contribution in [3.05, 3.63) is 35.4 Å². The van der Waals surface area contributed by atoms with Crippen LogP contribution in [-0.4, -0.2) is 24.8 Å². The fraction of sp³-hybridized carbons (Fsp3) is 0.571. The second-order valence-corrected chi connectivity index (χ2v) is 4.26. The molecule has 16 heavy (non-hydrogen) atoms. The lowest BCUT2D eigenvalue weighted by Crippen LogP contribution is -2.17. The van der Waals surface area contributed by atoms with E-state index in [9.17, 15) is 0 Å². The molecule has 1 aromatic carbocycles. The number of aliphatic hydroxyl groups is 1. The molecule has 0 saturated heterocycles. The second kappa shape index (κ2) is 7.42. The van der Waals surface area contributed by atoms with Crippen molar-refractivity contribution in [3.63, 3.8) is 0 Å². The molecule has 0 spiro atoms.